The second kappa shape index (κ2) is 8.96. The highest BCUT2D eigenvalue weighted by Gasteiger charge is 2.43. The van der Waals surface area contributed by atoms with Crippen LogP contribution in [-0.2, 0) is 4.79 Å². The van der Waals surface area contributed by atoms with E-state index in [-0.39, 0.29) is 17.4 Å². The Morgan fingerprint density at radius 2 is 1.65 bits per heavy atom. The van der Waals surface area contributed by atoms with Gasteiger partial charge in [-0.05, 0) is 49.6 Å². The molecule has 0 aromatic heterocycles. The number of rotatable bonds is 3. The van der Waals surface area contributed by atoms with E-state index in [0.29, 0.717) is 34.6 Å². The smallest absolute Gasteiger partial charge is 0.161 e. The molecule has 0 saturated heterocycles. The number of nitrogens with zero attached hydrogens (tertiary/aromatic N) is 1. The largest absolute Gasteiger partial charge is 0.507 e. The van der Waals surface area contributed by atoms with Crippen molar-refractivity contribution in [1.29, 1.82) is 5.41 Å². The SMILES string of the molecule is Cc1ccc([C@@H]2C(=C(O)c3ccccc3)C(=N)N(c3ccc(Cl)cc3)C3=C2C(=O)CCC3)cc1. The first-order valence-electron chi connectivity index (χ1n) is 11.4. The van der Waals surface area contributed by atoms with E-state index in [2.05, 4.69) is 0 Å². The van der Waals surface area contributed by atoms with E-state index < -0.39 is 5.92 Å². The van der Waals surface area contributed by atoms with Crippen LogP contribution in [0.1, 0.15) is 41.9 Å². The normalized spacial score (nSPS) is 19.8. The van der Waals surface area contributed by atoms with Crippen LogP contribution in [0.5, 0.6) is 0 Å². The monoisotopic (exact) mass is 468 g/mol. The molecule has 0 amide bonds. The van der Waals surface area contributed by atoms with Crippen LogP contribution < -0.4 is 4.90 Å². The fraction of sp³-hybridized carbons (Fsp3) is 0.172. The van der Waals surface area contributed by atoms with E-state index in [1.54, 1.807) is 12.1 Å². The molecule has 5 heteroatoms. The van der Waals surface area contributed by atoms with Crippen molar-refractivity contribution in [3.63, 3.8) is 0 Å². The van der Waals surface area contributed by atoms with Crippen LogP contribution in [0.3, 0.4) is 0 Å². The van der Waals surface area contributed by atoms with Crippen molar-refractivity contribution in [2.45, 2.75) is 32.1 Å². The molecule has 2 N–H and O–H groups in total. The van der Waals surface area contributed by atoms with Crippen molar-refractivity contribution in [1.82, 2.24) is 0 Å². The predicted octanol–water partition coefficient (Wildman–Crippen LogP) is 7.21. The van der Waals surface area contributed by atoms with Crippen molar-refractivity contribution in [3.8, 4) is 0 Å². The number of carbonyl (C=O) groups excluding carboxylic acids is 1. The van der Waals surface area contributed by atoms with Gasteiger partial charge in [0.25, 0.3) is 0 Å². The Hall–Kier alpha value is -3.63. The minimum atomic E-state index is -0.514. The molecule has 3 aromatic rings. The predicted molar refractivity (Wildman–Crippen MR) is 137 cm³/mol. The fourth-order valence-corrected chi connectivity index (χ4v) is 5.04. The van der Waals surface area contributed by atoms with Crippen LogP contribution in [-0.4, -0.2) is 16.7 Å². The summed E-state index contributed by atoms with van der Waals surface area (Å²) in [5, 5.41) is 21.5. The van der Waals surface area contributed by atoms with Crippen LogP contribution in [0.15, 0.2) is 95.7 Å². The minimum Gasteiger partial charge on any atom is -0.507 e. The highest BCUT2D eigenvalue weighted by atomic mass is 35.5. The number of allylic oxidation sites excluding steroid dienone is 2. The van der Waals surface area contributed by atoms with Crippen LogP contribution in [0, 0.1) is 12.3 Å². The van der Waals surface area contributed by atoms with Crippen molar-refractivity contribution in [2.75, 3.05) is 4.90 Å². The topological polar surface area (TPSA) is 64.4 Å². The standard InChI is InChI=1S/C29H25ClN2O2/c1-18-10-12-19(13-11-18)25-26-23(8-5-9-24(26)33)32(22-16-14-21(30)15-17-22)29(31)27(25)28(34)20-6-3-2-4-7-20/h2-4,6-7,10-17,25,31,34H,5,8-9H2,1H3/t25-/m0/s1. The Labute approximate surface area is 204 Å². The number of Topliss-reactive ketones (excluding diaryl/α,β-unsaturated/α-hetero) is 1. The summed E-state index contributed by atoms with van der Waals surface area (Å²) in [5.74, 6) is -0.265. The molecule has 5 rings (SSSR count). The molecule has 34 heavy (non-hydrogen) atoms. The van der Waals surface area contributed by atoms with Gasteiger partial charge in [0.2, 0.25) is 0 Å². The molecule has 4 nitrogen and oxygen atoms in total. The van der Waals surface area contributed by atoms with Gasteiger partial charge in [0, 0.05) is 45.5 Å². The lowest BCUT2D eigenvalue weighted by molar-refractivity contribution is -0.116. The van der Waals surface area contributed by atoms with Gasteiger partial charge in [-0.3, -0.25) is 15.1 Å². The second-order valence-electron chi connectivity index (χ2n) is 8.77. The number of carbonyl (C=O) groups is 1. The molecule has 3 aromatic carbocycles. The molecule has 170 valence electrons. The molecular weight excluding hydrogens is 444 g/mol. The van der Waals surface area contributed by atoms with E-state index in [9.17, 15) is 15.3 Å². The van der Waals surface area contributed by atoms with E-state index in [1.165, 1.54) is 0 Å². The first-order valence-corrected chi connectivity index (χ1v) is 11.8. The number of benzene rings is 3. The zero-order valence-electron chi connectivity index (χ0n) is 18.9. The third-order valence-electron chi connectivity index (χ3n) is 6.55. The van der Waals surface area contributed by atoms with Gasteiger partial charge in [-0.25, -0.2) is 0 Å². The van der Waals surface area contributed by atoms with Gasteiger partial charge in [-0.1, -0.05) is 71.8 Å². The minimum absolute atomic E-state index is 0.0139. The zero-order valence-corrected chi connectivity index (χ0v) is 19.6. The zero-order chi connectivity index (χ0) is 23.8. The molecule has 0 saturated carbocycles. The van der Waals surface area contributed by atoms with Crippen molar-refractivity contribution < 1.29 is 9.90 Å². The molecule has 0 spiro atoms. The Morgan fingerprint density at radius 1 is 0.971 bits per heavy atom. The van der Waals surface area contributed by atoms with Crippen LogP contribution >= 0.6 is 11.6 Å². The number of halogens is 1. The lowest BCUT2D eigenvalue weighted by Crippen LogP contribution is -2.42. The van der Waals surface area contributed by atoms with E-state index >= 15 is 0 Å². The van der Waals surface area contributed by atoms with Crippen LogP contribution in [0.2, 0.25) is 5.02 Å². The number of hydrogen-bond donors (Lipinski definition) is 2. The van der Waals surface area contributed by atoms with E-state index in [4.69, 9.17) is 11.6 Å². The van der Waals surface area contributed by atoms with Gasteiger partial charge in [-0.15, -0.1) is 0 Å². The summed E-state index contributed by atoms with van der Waals surface area (Å²) >= 11 is 6.14. The molecule has 2 aliphatic rings. The summed E-state index contributed by atoms with van der Waals surface area (Å²) < 4.78 is 0. The van der Waals surface area contributed by atoms with Crippen molar-refractivity contribution in [2.24, 2.45) is 0 Å². The molecule has 0 unspecified atom stereocenters. The number of hydrogen-bond acceptors (Lipinski definition) is 3. The average Bonchev–Trinajstić information content (AvgIpc) is 2.85. The molecule has 0 fully saturated rings. The highest BCUT2D eigenvalue weighted by molar-refractivity contribution is 6.30. The summed E-state index contributed by atoms with van der Waals surface area (Å²) in [6.45, 7) is 2.02. The molecule has 1 heterocycles. The quantitative estimate of drug-likeness (QED) is 0.399. The number of amidine groups is 1. The molecule has 1 aliphatic carbocycles. The van der Waals surface area contributed by atoms with E-state index in [1.807, 2.05) is 78.6 Å². The molecular formula is C29H25ClN2O2. The maximum atomic E-state index is 13.4. The molecule has 1 atom stereocenters. The summed E-state index contributed by atoms with van der Waals surface area (Å²) in [6.07, 6.45) is 1.88. The van der Waals surface area contributed by atoms with Crippen LogP contribution in [0.25, 0.3) is 5.76 Å². The van der Waals surface area contributed by atoms with Gasteiger partial charge >= 0.3 is 0 Å². The Morgan fingerprint density at radius 3 is 2.32 bits per heavy atom. The fourth-order valence-electron chi connectivity index (χ4n) is 4.91. The van der Waals surface area contributed by atoms with Gasteiger partial charge in [0.15, 0.2) is 5.78 Å². The maximum absolute atomic E-state index is 13.4. The lowest BCUT2D eigenvalue weighted by atomic mass is 9.73. The van der Waals surface area contributed by atoms with Gasteiger partial charge in [0.1, 0.15) is 11.6 Å². The Kier molecular flexibility index (Phi) is 5.84. The lowest BCUT2D eigenvalue weighted by Gasteiger charge is -2.41. The number of aliphatic hydroxyl groups is 1. The number of anilines is 1. The Bertz CT molecular complexity index is 1320. The number of aliphatic hydroxyl groups excluding tert-OH is 1. The highest BCUT2D eigenvalue weighted by Crippen LogP contribution is 2.47. The van der Waals surface area contributed by atoms with Gasteiger partial charge < -0.3 is 5.11 Å². The third-order valence-corrected chi connectivity index (χ3v) is 6.80. The first kappa shape index (κ1) is 22.2. The third kappa shape index (κ3) is 3.84. The second-order valence-corrected chi connectivity index (χ2v) is 9.21. The average molecular weight is 469 g/mol. The number of ketones is 1. The molecule has 0 bridgehead atoms. The van der Waals surface area contributed by atoms with Crippen molar-refractivity contribution >= 4 is 34.7 Å². The summed E-state index contributed by atoms with van der Waals surface area (Å²) in [4.78, 5) is 15.2. The van der Waals surface area contributed by atoms with E-state index in [0.717, 1.165) is 28.9 Å². The summed E-state index contributed by atoms with van der Waals surface area (Å²) in [7, 11) is 0. The van der Waals surface area contributed by atoms with Crippen molar-refractivity contribution in [3.05, 3.63) is 117 Å². The molecule has 1 aliphatic heterocycles. The number of aryl methyl sites for hydroxylation is 1. The van der Waals surface area contributed by atoms with Gasteiger partial charge in [-0.2, -0.15) is 0 Å². The van der Waals surface area contributed by atoms with Gasteiger partial charge in [0.05, 0.1) is 0 Å². The maximum Gasteiger partial charge on any atom is 0.161 e. The Balaban J connectivity index is 1.82. The summed E-state index contributed by atoms with van der Waals surface area (Å²) in [6, 6.07) is 24.5. The molecule has 0 radical (unpaired) electrons. The number of nitrogens with one attached hydrogen (secondary N) is 1. The summed E-state index contributed by atoms with van der Waals surface area (Å²) in [5.41, 5.74) is 5.29. The van der Waals surface area contributed by atoms with Crippen LogP contribution in [0.4, 0.5) is 5.69 Å². The first-order chi connectivity index (χ1) is 16.5.